The summed E-state index contributed by atoms with van der Waals surface area (Å²) in [6, 6.07) is 7.76. The quantitative estimate of drug-likeness (QED) is 0.846. The molecule has 1 atom stereocenters. The maximum Gasteiger partial charge on any atom is 0.316 e. The lowest BCUT2D eigenvalue weighted by Crippen LogP contribution is -2.45. The summed E-state index contributed by atoms with van der Waals surface area (Å²) in [6.07, 6.45) is 5.42. The molecule has 0 saturated carbocycles. The Morgan fingerprint density at radius 2 is 2.08 bits per heavy atom. The zero-order chi connectivity index (χ0) is 17.9. The van der Waals surface area contributed by atoms with E-state index in [1.54, 1.807) is 4.90 Å². The van der Waals surface area contributed by atoms with Gasteiger partial charge in [0.1, 0.15) is 18.5 Å². The fraction of sp³-hybridized carbons (Fsp3) is 0.316. The van der Waals surface area contributed by atoms with Gasteiger partial charge < -0.3 is 14.4 Å². The SMILES string of the molecule is O=C(C1=Cc2ccccc2OC1)N1CCCC(Oc2ncc(F)cn2)C1. The first kappa shape index (κ1) is 16.5. The van der Waals surface area contributed by atoms with Crippen LogP contribution in [0.1, 0.15) is 18.4 Å². The van der Waals surface area contributed by atoms with Crippen molar-refractivity contribution in [3.63, 3.8) is 0 Å². The number of piperidine rings is 1. The van der Waals surface area contributed by atoms with E-state index >= 15 is 0 Å². The molecule has 1 fully saturated rings. The Morgan fingerprint density at radius 3 is 2.92 bits per heavy atom. The summed E-state index contributed by atoms with van der Waals surface area (Å²) in [5, 5.41) is 0. The molecule has 134 valence electrons. The third kappa shape index (κ3) is 3.51. The highest BCUT2D eigenvalue weighted by molar-refractivity contribution is 5.99. The number of hydrogen-bond donors (Lipinski definition) is 0. The van der Waals surface area contributed by atoms with E-state index in [1.807, 2.05) is 30.3 Å². The lowest BCUT2D eigenvalue weighted by molar-refractivity contribution is -0.130. The molecule has 0 aliphatic carbocycles. The van der Waals surface area contributed by atoms with Crippen molar-refractivity contribution in [2.24, 2.45) is 0 Å². The van der Waals surface area contributed by atoms with Crippen LogP contribution in [0.15, 0.2) is 42.2 Å². The van der Waals surface area contributed by atoms with Crippen LogP contribution >= 0.6 is 0 Å². The Labute approximate surface area is 150 Å². The van der Waals surface area contributed by atoms with E-state index in [0.717, 1.165) is 36.5 Å². The van der Waals surface area contributed by atoms with E-state index in [-0.39, 0.29) is 24.6 Å². The van der Waals surface area contributed by atoms with Crippen LogP contribution in [0.5, 0.6) is 11.8 Å². The van der Waals surface area contributed by atoms with Crippen LogP contribution in [-0.4, -0.2) is 46.6 Å². The van der Waals surface area contributed by atoms with Crippen LogP contribution in [0.2, 0.25) is 0 Å². The van der Waals surface area contributed by atoms with Crippen molar-refractivity contribution in [1.29, 1.82) is 0 Å². The van der Waals surface area contributed by atoms with Gasteiger partial charge in [0.2, 0.25) is 0 Å². The van der Waals surface area contributed by atoms with Gasteiger partial charge in [-0.15, -0.1) is 0 Å². The second kappa shape index (κ2) is 7.11. The number of likely N-dealkylation sites (tertiary alicyclic amines) is 1. The van der Waals surface area contributed by atoms with Crippen molar-refractivity contribution in [3.05, 3.63) is 53.6 Å². The highest BCUT2D eigenvalue weighted by atomic mass is 19.1. The molecule has 1 amide bonds. The largest absolute Gasteiger partial charge is 0.488 e. The van der Waals surface area contributed by atoms with Crippen molar-refractivity contribution in [2.45, 2.75) is 18.9 Å². The topological polar surface area (TPSA) is 64.5 Å². The van der Waals surface area contributed by atoms with E-state index in [1.165, 1.54) is 0 Å². The Hall–Kier alpha value is -2.96. The van der Waals surface area contributed by atoms with Crippen molar-refractivity contribution in [2.75, 3.05) is 19.7 Å². The standard InChI is InChI=1S/C19H18FN3O3/c20-15-9-21-19(22-10-15)26-16-5-3-7-23(11-16)18(24)14-8-13-4-1-2-6-17(13)25-12-14/h1-2,4,6,8-10,16H,3,5,7,11-12H2. The van der Waals surface area contributed by atoms with Crippen LogP contribution in [0.4, 0.5) is 4.39 Å². The van der Waals surface area contributed by atoms with Gasteiger partial charge in [0, 0.05) is 12.1 Å². The predicted molar refractivity (Wildman–Crippen MR) is 92.1 cm³/mol. The molecule has 0 radical (unpaired) electrons. The molecule has 2 aliphatic rings. The van der Waals surface area contributed by atoms with Crippen LogP contribution in [-0.2, 0) is 4.79 Å². The molecule has 6 nitrogen and oxygen atoms in total. The Morgan fingerprint density at radius 1 is 1.27 bits per heavy atom. The van der Waals surface area contributed by atoms with Gasteiger partial charge in [-0.1, -0.05) is 18.2 Å². The molecule has 1 aromatic carbocycles. The molecule has 2 aromatic rings. The first-order valence-electron chi connectivity index (χ1n) is 8.55. The molecule has 3 heterocycles. The molecular formula is C19H18FN3O3. The summed E-state index contributed by atoms with van der Waals surface area (Å²) in [5.74, 6) is 0.229. The van der Waals surface area contributed by atoms with E-state index < -0.39 is 5.82 Å². The van der Waals surface area contributed by atoms with Gasteiger partial charge in [-0.05, 0) is 25.0 Å². The van der Waals surface area contributed by atoms with Gasteiger partial charge in [-0.3, -0.25) is 4.79 Å². The van der Waals surface area contributed by atoms with E-state index in [9.17, 15) is 9.18 Å². The second-order valence-corrected chi connectivity index (χ2v) is 6.31. The van der Waals surface area contributed by atoms with Gasteiger partial charge in [-0.25, -0.2) is 14.4 Å². The fourth-order valence-electron chi connectivity index (χ4n) is 3.17. The summed E-state index contributed by atoms with van der Waals surface area (Å²) in [7, 11) is 0. The van der Waals surface area contributed by atoms with Crippen LogP contribution < -0.4 is 9.47 Å². The van der Waals surface area contributed by atoms with Crippen molar-refractivity contribution in [1.82, 2.24) is 14.9 Å². The smallest absolute Gasteiger partial charge is 0.316 e. The minimum absolute atomic E-state index is 0.0483. The highest BCUT2D eigenvalue weighted by Gasteiger charge is 2.28. The number of benzene rings is 1. The number of rotatable bonds is 3. The maximum atomic E-state index is 12.9. The summed E-state index contributed by atoms with van der Waals surface area (Å²) in [5.41, 5.74) is 1.54. The number of para-hydroxylation sites is 1. The number of halogens is 1. The van der Waals surface area contributed by atoms with Crippen molar-refractivity contribution in [3.8, 4) is 11.8 Å². The number of aromatic nitrogens is 2. The summed E-state index contributed by atoms with van der Waals surface area (Å²) < 4.78 is 24.3. The molecule has 0 N–H and O–H groups in total. The molecule has 0 spiro atoms. The monoisotopic (exact) mass is 355 g/mol. The number of ether oxygens (including phenoxy) is 2. The van der Waals surface area contributed by atoms with Gasteiger partial charge in [0.15, 0.2) is 5.82 Å². The minimum Gasteiger partial charge on any atom is -0.488 e. The Kier molecular flexibility index (Phi) is 4.51. The number of carbonyl (C=O) groups is 1. The van der Waals surface area contributed by atoms with Gasteiger partial charge in [0.25, 0.3) is 5.91 Å². The highest BCUT2D eigenvalue weighted by Crippen LogP contribution is 2.27. The molecule has 1 saturated heterocycles. The van der Waals surface area contributed by atoms with Crippen LogP contribution in [0, 0.1) is 5.82 Å². The molecule has 1 aromatic heterocycles. The average molecular weight is 355 g/mol. The number of amides is 1. The first-order valence-corrected chi connectivity index (χ1v) is 8.55. The molecule has 1 unspecified atom stereocenters. The summed E-state index contributed by atoms with van der Waals surface area (Å²) in [4.78, 5) is 22.2. The normalized spacial score (nSPS) is 19.2. The molecular weight excluding hydrogens is 337 g/mol. The molecule has 2 aliphatic heterocycles. The van der Waals surface area contributed by atoms with E-state index in [0.29, 0.717) is 18.7 Å². The Balaban J connectivity index is 1.43. The second-order valence-electron chi connectivity index (χ2n) is 6.31. The summed E-state index contributed by atoms with van der Waals surface area (Å²) >= 11 is 0. The number of nitrogens with zero attached hydrogens (tertiary/aromatic N) is 3. The average Bonchev–Trinajstić information content (AvgIpc) is 2.69. The Bertz CT molecular complexity index is 838. The molecule has 7 heteroatoms. The van der Waals surface area contributed by atoms with Gasteiger partial charge in [0.05, 0.1) is 24.5 Å². The predicted octanol–water partition coefficient (Wildman–Crippen LogP) is 2.46. The van der Waals surface area contributed by atoms with E-state index in [2.05, 4.69) is 9.97 Å². The van der Waals surface area contributed by atoms with Crippen LogP contribution in [0.3, 0.4) is 0 Å². The van der Waals surface area contributed by atoms with Gasteiger partial charge >= 0.3 is 6.01 Å². The molecule has 26 heavy (non-hydrogen) atoms. The lowest BCUT2D eigenvalue weighted by atomic mass is 10.0. The number of fused-ring (bicyclic) bond motifs is 1. The minimum atomic E-state index is -0.512. The van der Waals surface area contributed by atoms with Crippen molar-refractivity contribution >= 4 is 12.0 Å². The van der Waals surface area contributed by atoms with E-state index in [4.69, 9.17) is 9.47 Å². The number of carbonyl (C=O) groups excluding carboxylic acids is 1. The third-order valence-electron chi connectivity index (χ3n) is 4.44. The number of hydrogen-bond acceptors (Lipinski definition) is 5. The van der Waals surface area contributed by atoms with Crippen molar-refractivity contribution < 1.29 is 18.7 Å². The molecule has 0 bridgehead atoms. The van der Waals surface area contributed by atoms with Gasteiger partial charge in [-0.2, -0.15) is 0 Å². The molecule has 4 rings (SSSR count). The third-order valence-corrected chi connectivity index (χ3v) is 4.44. The fourth-order valence-corrected chi connectivity index (χ4v) is 3.17. The zero-order valence-corrected chi connectivity index (χ0v) is 14.1. The lowest BCUT2D eigenvalue weighted by Gasteiger charge is -2.33. The summed E-state index contributed by atoms with van der Waals surface area (Å²) in [6.45, 7) is 1.37. The first-order chi connectivity index (χ1) is 12.7. The zero-order valence-electron chi connectivity index (χ0n) is 14.1. The maximum absolute atomic E-state index is 12.9. The van der Waals surface area contributed by atoms with Crippen LogP contribution in [0.25, 0.3) is 6.08 Å².